The van der Waals surface area contributed by atoms with Gasteiger partial charge in [-0.3, -0.25) is 14.2 Å². The van der Waals surface area contributed by atoms with Gasteiger partial charge in [0.2, 0.25) is 11.8 Å². The molecule has 6 rings (SSSR count). The summed E-state index contributed by atoms with van der Waals surface area (Å²) < 4.78 is 43.1. The maximum Gasteiger partial charge on any atom is 0.418 e. The zero-order valence-corrected chi connectivity index (χ0v) is 26.8. The zero-order valence-electron chi connectivity index (χ0n) is 24.4. The Hall–Kier alpha value is -4.66. The highest BCUT2D eigenvalue weighted by Crippen LogP contribution is 2.35. The molecule has 4 aromatic carbocycles. The van der Waals surface area contributed by atoms with Crippen molar-refractivity contribution in [3.05, 3.63) is 114 Å². The minimum atomic E-state index is -4.58. The van der Waals surface area contributed by atoms with Crippen molar-refractivity contribution in [2.24, 2.45) is 0 Å². The highest BCUT2D eigenvalue weighted by atomic mass is 32.2. The summed E-state index contributed by atoms with van der Waals surface area (Å²) in [4.78, 5) is 29.9. The van der Waals surface area contributed by atoms with E-state index in [1.807, 2.05) is 65.2 Å². The number of rotatable bonds is 11. The van der Waals surface area contributed by atoms with Gasteiger partial charge in [-0.25, -0.2) is 4.98 Å². The van der Waals surface area contributed by atoms with E-state index in [0.29, 0.717) is 33.1 Å². The number of hydrogen-bond donors (Lipinski definition) is 2. The number of benzene rings is 4. The van der Waals surface area contributed by atoms with Crippen LogP contribution in [0.5, 0.6) is 0 Å². The van der Waals surface area contributed by atoms with E-state index in [1.54, 1.807) is 18.2 Å². The van der Waals surface area contributed by atoms with E-state index in [2.05, 4.69) is 25.8 Å². The van der Waals surface area contributed by atoms with Crippen LogP contribution in [0.2, 0.25) is 0 Å². The Balaban J connectivity index is 1.07. The smallest absolute Gasteiger partial charge is 0.325 e. The summed E-state index contributed by atoms with van der Waals surface area (Å²) >= 11 is 3.74. The number of nitrogens with zero attached hydrogens (tertiary/aromatic N) is 4. The molecule has 2 aromatic heterocycles. The standard InChI is InChI=1S/C33H25F3N6O2S3/c34-33(35,36)24-13-7-8-14-25(24)38-29(44)20-46-32-39-26-16-15-23(17-27(26)47-32)37-28(43)19-45-31-41-40-30(22-11-5-2-6-12-22)42(31)18-21-9-3-1-4-10-21/h1-17H,18-20H2,(H,37,43)(H,38,44). The molecule has 2 N–H and O–H groups in total. The van der Waals surface area contributed by atoms with E-state index in [0.717, 1.165) is 33.7 Å². The molecule has 238 valence electrons. The number of halogens is 3. The van der Waals surface area contributed by atoms with Gasteiger partial charge in [0.05, 0.1) is 39.5 Å². The first kappa shape index (κ1) is 32.3. The summed E-state index contributed by atoms with van der Waals surface area (Å²) in [6.07, 6.45) is -4.58. The molecule has 0 aliphatic heterocycles. The molecule has 0 spiro atoms. The molecule has 0 radical (unpaired) electrons. The van der Waals surface area contributed by atoms with Crippen molar-refractivity contribution in [1.29, 1.82) is 0 Å². The number of para-hydroxylation sites is 1. The third-order valence-electron chi connectivity index (χ3n) is 6.75. The van der Waals surface area contributed by atoms with Gasteiger partial charge in [0.1, 0.15) is 0 Å². The molecule has 0 fully saturated rings. The van der Waals surface area contributed by atoms with Crippen LogP contribution in [0.25, 0.3) is 21.6 Å². The topological polar surface area (TPSA) is 102 Å². The van der Waals surface area contributed by atoms with Gasteiger partial charge in [-0.05, 0) is 35.9 Å². The first-order chi connectivity index (χ1) is 22.7. The molecule has 0 saturated carbocycles. The van der Waals surface area contributed by atoms with E-state index in [1.165, 1.54) is 41.3 Å². The molecule has 47 heavy (non-hydrogen) atoms. The Morgan fingerprint density at radius 3 is 2.23 bits per heavy atom. The first-order valence-electron chi connectivity index (χ1n) is 14.2. The van der Waals surface area contributed by atoms with Gasteiger partial charge in [0, 0.05) is 11.3 Å². The summed E-state index contributed by atoms with van der Waals surface area (Å²) in [5.41, 5.74) is 2.07. The predicted octanol–water partition coefficient (Wildman–Crippen LogP) is 8.08. The summed E-state index contributed by atoms with van der Waals surface area (Å²) in [6.45, 7) is 0.549. The fourth-order valence-corrected chi connectivity index (χ4v) is 7.27. The SMILES string of the molecule is O=C(CSc1nnc(-c2ccccc2)n1Cc1ccccc1)Nc1ccc2nc(SCC(=O)Nc3ccccc3C(F)(F)F)sc2c1. The van der Waals surface area contributed by atoms with Crippen LogP contribution in [0.3, 0.4) is 0 Å². The van der Waals surface area contributed by atoms with Crippen molar-refractivity contribution in [2.45, 2.75) is 22.2 Å². The van der Waals surface area contributed by atoms with Gasteiger partial charge in [-0.1, -0.05) is 96.3 Å². The molecule has 8 nitrogen and oxygen atoms in total. The predicted molar refractivity (Wildman–Crippen MR) is 181 cm³/mol. The van der Waals surface area contributed by atoms with Crippen molar-refractivity contribution in [2.75, 3.05) is 22.1 Å². The second-order valence-corrected chi connectivity index (χ2v) is 13.3. The maximum atomic E-state index is 13.3. The van der Waals surface area contributed by atoms with E-state index in [-0.39, 0.29) is 23.1 Å². The van der Waals surface area contributed by atoms with Gasteiger partial charge in [0.25, 0.3) is 0 Å². The number of hydrogen-bond acceptors (Lipinski definition) is 8. The van der Waals surface area contributed by atoms with E-state index < -0.39 is 17.6 Å². The van der Waals surface area contributed by atoms with Crippen molar-refractivity contribution < 1.29 is 22.8 Å². The third-order valence-corrected chi connectivity index (χ3v) is 9.88. The molecule has 2 heterocycles. The van der Waals surface area contributed by atoms with Crippen molar-refractivity contribution in [1.82, 2.24) is 19.7 Å². The highest BCUT2D eigenvalue weighted by molar-refractivity contribution is 8.01. The van der Waals surface area contributed by atoms with E-state index >= 15 is 0 Å². The van der Waals surface area contributed by atoms with Crippen LogP contribution in [0.1, 0.15) is 11.1 Å². The average molecular weight is 691 g/mol. The quantitative estimate of drug-likeness (QED) is 0.133. The highest BCUT2D eigenvalue weighted by Gasteiger charge is 2.33. The molecular formula is C33H25F3N6O2S3. The largest absolute Gasteiger partial charge is 0.418 e. The number of nitrogens with one attached hydrogen (secondary N) is 2. The Labute approximate surface area is 279 Å². The third kappa shape index (κ3) is 8.20. The van der Waals surface area contributed by atoms with Gasteiger partial charge >= 0.3 is 6.18 Å². The normalized spacial score (nSPS) is 11.5. The minimum Gasteiger partial charge on any atom is -0.325 e. The number of alkyl halides is 3. The molecule has 0 saturated heterocycles. The van der Waals surface area contributed by atoms with Gasteiger partial charge in [0.15, 0.2) is 15.3 Å². The Morgan fingerprint density at radius 2 is 1.47 bits per heavy atom. The number of amides is 2. The van der Waals surface area contributed by atoms with Crippen LogP contribution in [0, 0.1) is 0 Å². The zero-order chi connectivity index (χ0) is 32.8. The monoisotopic (exact) mass is 690 g/mol. The number of aromatic nitrogens is 4. The van der Waals surface area contributed by atoms with Crippen LogP contribution in [-0.2, 0) is 22.3 Å². The summed E-state index contributed by atoms with van der Waals surface area (Å²) in [6, 6.07) is 29.9. The first-order valence-corrected chi connectivity index (χ1v) is 17.0. The van der Waals surface area contributed by atoms with Crippen LogP contribution in [-0.4, -0.2) is 43.1 Å². The molecule has 0 unspecified atom stereocenters. The lowest BCUT2D eigenvalue weighted by Crippen LogP contribution is -2.18. The lowest BCUT2D eigenvalue weighted by Gasteiger charge is -2.13. The van der Waals surface area contributed by atoms with Crippen molar-refractivity contribution in [3.8, 4) is 11.4 Å². The lowest BCUT2D eigenvalue weighted by atomic mass is 10.1. The van der Waals surface area contributed by atoms with Crippen molar-refractivity contribution >= 4 is 68.3 Å². The molecule has 6 aromatic rings. The van der Waals surface area contributed by atoms with Crippen LogP contribution in [0.4, 0.5) is 24.5 Å². The van der Waals surface area contributed by atoms with Crippen LogP contribution >= 0.6 is 34.9 Å². The fraction of sp³-hybridized carbons (Fsp3) is 0.121. The molecular weight excluding hydrogens is 666 g/mol. The van der Waals surface area contributed by atoms with E-state index in [9.17, 15) is 22.8 Å². The minimum absolute atomic E-state index is 0.107. The maximum absolute atomic E-state index is 13.3. The van der Waals surface area contributed by atoms with Crippen molar-refractivity contribution in [3.63, 3.8) is 0 Å². The van der Waals surface area contributed by atoms with Crippen LogP contribution < -0.4 is 10.6 Å². The number of fused-ring (bicyclic) bond motifs is 1. The second kappa shape index (κ2) is 14.4. The summed E-state index contributed by atoms with van der Waals surface area (Å²) in [5.74, 6) is -0.0962. The molecule has 0 aliphatic rings. The molecule has 0 aliphatic carbocycles. The number of anilines is 2. The van der Waals surface area contributed by atoms with Crippen LogP contribution in [0.15, 0.2) is 113 Å². The molecule has 2 amide bonds. The Morgan fingerprint density at radius 1 is 0.787 bits per heavy atom. The van der Waals surface area contributed by atoms with Gasteiger partial charge in [-0.2, -0.15) is 13.2 Å². The summed E-state index contributed by atoms with van der Waals surface area (Å²) in [7, 11) is 0. The lowest BCUT2D eigenvalue weighted by molar-refractivity contribution is -0.137. The molecule has 14 heteroatoms. The Bertz CT molecular complexity index is 2020. The van der Waals surface area contributed by atoms with E-state index in [4.69, 9.17) is 0 Å². The second-order valence-electron chi connectivity index (χ2n) is 10.1. The molecule has 0 bridgehead atoms. The average Bonchev–Trinajstić information content (AvgIpc) is 3.66. The number of carbonyl (C=O) groups is 2. The number of thiazole rings is 1. The molecule has 0 atom stereocenters. The van der Waals surface area contributed by atoms with Gasteiger partial charge < -0.3 is 10.6 Å². The number of thioether (sulfide) groups is 2. The van der Waals surface area contributed by atoms with Gasteiger partial charge in [-0.15, -0.1) is 21.5 Å². The number of carbonyl (C=O) groups excluding carboxylic acids is 2. The fourth-order valence-electron chi connectivity index (χ4n) is 4.63. The summed E-state index contributed by atoms with van der Waals surface area (Å²) in [5, 5.41) is 14.7. The Kier molecular flexibility index (Phi) is 9.90.